The van der Waals surface area contributed by atoms with Crippen molar-refractivity contribution >= 4 is 5.91 Å². The Hall–Kier alpha value is -2.35. The van der Waals surface area contributed by atoms with Gasteiger partial charge < -0.3 is 5.32 Å². The van der Waals surface area contributed by atoms with Gasteiger partial charge in [-0.05, 0) is 24.5 Å². The predicted molar refractivity (Wildman–Crippen MR) is 91.8 cm³/mol. The highest BCUT2D eigenvalue weighted by atomic mass is 16.1. The van der Waals surface area contributed by atoms with Crippen molar-refractivity contribution in [3.05, 3.63) is 83.4 Å². The topological polar surface area (TPSA) is 29.1 Å². The number of carbonyl (C=O) groups excluding carboxylic acids is 1. The van der Waals surface area contributed by atoms with Gasteiger partial charge in [0.15, 0.2) is 0 Å². The van der Waals surface area contributed by atoms with E-state index < -0.39 is 0 Å². The van der Waals surface area contributed by atoms with E-state index in [0.717, 1.165) is 12.0 Å². The lowest BCUT2D eigenvalue weighted by atomic mass is 9.91. The van der Waals surface area contributed by atoms with Crippen LogP contribution in [0.5, 0.6) is 0 Å². The standard InChI is InChI=1S/C20H23NO/c1-3-16(4-2)20(22)21-15-19(17-11-7-5-8-12-17)18-13-9-6-10-14-18/h3,5-14,19H,4,15H2,1-2H3,(H,21,22). The molecule has 0 atom stereocenters. The van der Waals surface area contributed by atoms with E-state index in [0.29, 0.717) is 6.54 Å². The van der Waals surface area contributed by atoms with E-state index in [-0.39, 0.29) is 11.8 Å². The van der Waals surface area contributed by atoms with Crippen molar-refractivity contribution in [2.75, 3.05) is 6.54 Å². The molecule has 0 aromatic heterocycles. The minimum atomic E-state index is 0.0295. The van der Waals surface area contributed by atoms with Gasteiger partial charge >= 0.3 is 0 Å². The van der Waals surface area contributed by atoms with Gasteiger partial charge in [0.2, 0.25) is 5.91 Å². The molecular formula is C20H23NO. The van der Waals surface area contributed by atoms with Gasteiger partial charge in [-0.2, -0.15) is 0 Å². The lowest BCUT2D eigenvalue weighted by Crippen LogP contribution is -2.30. The number of rotatable bonds is 6. The zero-order chi connectivity index (χ0) is 15.8. The van der Waals surface area contributed by atoms with Crippen LogP contribution in [-0.4, -0.2) is 12.5 Å². The van der Waals surface area contributed by atoms with Gasteiger partial charge in [0.05, 0.1) is 0 Å². The minimum Gasteiger partial charge on any atom is -0.351 e. The lowest BCUT2D eigenvalue weighted by Gasteiger charge is -2.19. The molecule has 0 saturated heterocycles. The van der Waals surface area contributed by atoms with E-state index in [1.165, 1.54) is 11.1 Å². The van der Waals surface area contributed by atoms with Gasteiger partial charge in [0.25, 0.3) is 0 Å². The summed E-state index contributed by atoms with van der Waals surface area (Å²) >= 11 is 0. The first-order valence-electron chi connectivity index (χ1n) is 7.79. The summed E-state index contributed by atoms with van der Waals surface area (Å²) in [6.07, 6.45) is 2.64. The maximum absolute atomic E-state index is 12.2. The summed E-state index contributed by atoms with van der Waals surface area (Å²) in [5.41, 5.74) is 3.26. The Balaban J connectivity index is 2.18. The maximum atomic E-state index is 12.2. The molecule has 2 heteroatoms. The van der Waals surface area contributed by atoms with Crippen LogP contribution in [0.4, 0.5) is 0 Å². The first kappa shape index (κ1) is 16.0. The summed E-state index contributed by atoms with van der Waals surface area (Å²) in [5, 5.41) is 3.07. The molecule has 2 nitrogen and oxygen atoms in total. The Kier molecular flexibility index (Phi) is 5.96. The number of nitrogens with one attached hydrogen (secondary N) is 1. The molecule has 2 aromatic carbocycles. The molecule has 22 heavy (non-hydrogen) atoms. The molecule has 0 radical (unpaired) electrons. The molecular weight excluding hydrogens is 270 g/mol. The molecule has 0 saturated carbocycles. The van der Waals surface area contributed by atoms with Crippen LogP contribution in [0.2, 0.25) is 0 Å². The van der Waals surface area contributed by atoms with E-state index in [1.807, 2.05) is 56.3 Å². The third-order valence-electron chi connectivity index (χ3n) is 3.89. The Morgan fingerprint density at radius 2 is 1.50 bits per heavy atom. The SMILES string of the molecule is CC=C(CC)C(=O)NCC(c1ccccc1)c1ccccc1. The largest absolute Gasteiger partial charge is 0.351 e. The second kappa shape index (κ2) is 8.18. The predicted octanol–water partition coefficient (Wildman–Crippen LogP) is 4.29. The van der Waals surface area contributed by atoms with E-state index in [2.05, 4.69) is 29.6 Å². The summed E-state index contributed by atoms with van der Waals surface area (Å²) in [4.78, 5) is 12.2. The van der Waals surface area contributed by atoms with Crippen molar-refractivity contribution in [1.82, 2.24) is 5.32 Å². The van der Waals surface area contributed by atoms with Crippen LogP contribution in [0.1, 0.15) is 37.3 Å². The second-order valence-electron chi connectivity index (χ2n) is 5.25. The van der Waals surface area contributed by atoms with Gasteiger partial charge in [-0.25, -0.2) is 0 Å². The van der Waals surface area contributed by atoms with Crippen molar-refractivity contribution in [1.29, 1.82) is 0 Å². The number of carbonyl (C=O) groups is 1. The molecule has 1 amide bonds. The fourth-order valence-corrected chi connectivity index (χ4v) is 2.60. The van der Waals surface area contributed by atoms with Crippen molar-refractivity contribution < 1.29 is 4.79 Å². The van der Waals surface area contributed by atoms with E-state index >= 15 is 0 Å². The molecule has 0 aliphatic heterocycles. The summed E-state index contributed by atoms with van der Waals surface area (Å²) in [7, 11) is 0. The van der Waals surface area contributed by atoms with Gasteiger partial charge in [0.1, 0.15) is 0 Å². The fraction of sp³-hybridized carbons (Fsp3) is 0.250. The fourth-order valence-electron chi connectivity index (χ4n) is 2.60. The Morgan fingerprint density at radius 1 is 1.00 bits per heavy atom. The molecule has 0 spiro atoms. The smallest absolute Gasteiger partial charge is 0.246 e. The molecule has 2 aromatic rings. The average molecular weight is 293 g/mol. The Morgan fingerprint density at radius 3 is 1.91 bits per heavy atom. The number of hydrogen-bond donors (Lipinski definition) is 1. The third kappa shape index (κ3) is 4.08. The van der Waals surface area contributed by atoms with Gasteiger partial charge in [-0.1, -0.05) is 73.7 Å². The molecule has 114 valence electrons. The molecule has 0 aliphatic carbocycles. The summed E-state index contributed by atoms with van der Waals surface area (Å²) in [6.45, 7) is 4.51. The zero-order valence-corrected chi connectivity index (χ0v) is 13.3. The Labute approximate surface area is 132 Å². The number of amides is 1. The minimum absolute atomic E-state index is 0.0295. The molecule has 0 heterocycles. The van der Waals surface area contributed by atoms with E-state index in [1.54, 1.807) is 0 Å². The first-order valence-corrected chi connectivity index (χ1v) is 7.79. The summed E-state index contributed by atoms with van der Waals surface area (Å²) in [6, 6.07) is 20.6. The molecule has 0 unspecified atom stereocenters. The number of hydrogen-bond acceptors (Lipinski definition) is 1. The van der Waals surface area contributed by atoms with Crippen LogP contribution >= 0.6 is 0 Å². The second-order valence-corrected chi connectivity index (χ2v) is 5.25. The normalized spacial score (nSPS) is 11.5. The lowest BCUT2D eigenvalue weighted by molar-refractivity contribution is -0.117. The van der Waals surface area contributed by atoms with Crippen LogP contribution < -0.4 is 5.32 Å². The van der Waals surface area contributed by atoms with Gasteiger partial charge in [-0.15, -0.1) is 0 Å². The van der Waals surface area contributed by atoms with Gasteiger partial charge in [0, 0.05) is 18.0 Å². The highest BCUT2D eigenvalue weighted by Crippen LogP contribution is 2.23. The monoisotopic (exact) mass is 293 g/mol. The molecule has 0 fully saturated rings. The average Bonchev–Trinajstić information content (AvgIpc) is 2.58. The maximum Gasteiger partial charge on any atom is 0.246 e. The van der Waals surface area contributed by atoms with Gasteiger partial charge in [-0.3, -0.25) is 4.79 Å². The number of benzene rings is 2. The highest BCUT2D eigenvalue weighted by molar-refractivity contribution is 5.93. The molecule has 0 aliphatic rings. The molecule has 2 rings (SSSR count). The zero-order valence-electron chi connectivity index (χ0n) is 13.3. The van der Waals surface area contributed by atoms with Crippen LogP contribution in [0.15, 0.2) is 72.3 Å². The van der Waals surface area contributed by atoms with Crippen molar-refractivity contribution in [2.45, 2.75) is 26.2 Å². The van der Waals surface area contributed by atoms with E-state index in [9.17, 15) is 4.79 Å². The van der Waals surface area contributed by atoms with Crippen molar-refractivity contribution in [3.8, 4) is 0 Å². The number of allylic oxidation sites excluding steroid dienone is 1. The van der Waals surface area contributed by atoms with Crippen LogP contribution in [0, 0.1) is 0 Å². The van der Waals surface area contributed by atoms with Crippen LogP contribution in [0.3, 0.4) is 0 Å². The highest BCUT2D eigenvalue weighted by Gasteiger charge is 2.15. The first-order chi connectivity index (χ1) is 10.8. The Bertz CT molecular complexity index is 577. The quantitative estimate of drug-likeness (QED) is 0.791. The van der Waals surface area contributed by atoms with Crippen LogP contribution in [-0.2, 0) is 4.79 Å². The van der Waals surface area contributed by atoms with Crippen molar-refractivity contribution in [2.24, 2.45) is 0 Å². The molecule has 0 bridgehead atoms. The van der Waals surface area contributed by atoms with Crippen molar-refractivity contribution in [3.63, 3.8) is 0 Å². The summed E-state index contributed by atoms with van der Waals surface area (Å²) in [5.74, 6) is 0.197. The molecule has 1 N–H and O–H groups in total. The third-order valence-corrected chi connectivity index (χ3v) is 3.89. The summed E-state index contributed by atoms with van der Waals surface area (Å²) < 4.78 is 0. The van der Waals surface area contributed by atoms with E-state index in [4.69, 9.17) is 0 Å². The van der Waals surface area contributed by atoms with Crippen LogP contribution in [0.25, 0.3) is 0 Å².